The molecule has 108 valence electrons. The van der Waals surface area contributed by atoms with Crippen molar-refractivity contribution in [2.75, 3.05) is 11.1 Å². The molecular formula is C13H9FIN3O3. The van der Waals surface area contributed by atoms with Crippen molar-refractivity contribution in [2.45, 2.75) is 0 Å². The molecule has 0 heterocycles. The molecule has 21 heavy (non-hydrogen) atoms. The van der Waals surface area contributed by atoms with Gasteiger partial charge in [-0.2, -0.15) is 0 Å². The largest absolute Gasteiger partial charge is 0.396 e. The fourth-order valence-electron chi connectivity index (χ4n) is 1.64. The molecule has 2 rings (SSSR count). The van der Waals surface area contributed by atoms with Gasteiger partial charge in [0.25, 0.3) is 11.6 Å². The summed E-state index contributed by atoms with van der Waals surface area (Å²) in [5, 5.41) is 13.4. The highest BCUT2D eigenvalue weighted by Crippen LogP contribution is 2.25. The lowest BCUT2D eigenvalue weighted by Gasteiger charge is -2.07. The van der Waals surface area contributed by atoms with Gasteiger partial charge in [-0.3, -0.25) is 14.9 Å². The first-order valence-electron chi connectivity index (χ1n) is 5.69. The van der Waals surface area contributed by atoms with Gasteiger partial charge in [0.2, 0.25) is 0 Å². The highest BCUT2D eigenvalue weighted by Gasteiger charge is 2.23. The Hall–Kier alpha value is -2.23. The minimum absolute atomic E-state index is 0.294. The van der Waals surface area contributed by atoms with E-state index in [-0.39, 0.29) is 11.3 Å². The van der Waals surface area contributed by atoms with Crippen LogP contribution in [0.1, 0.15) is 10.4 Å². The molecule has 1 amide bonds. The first kappa shape index (κ1) is 15.2. The molecule has 0 fully saturated rings. The molecule has 8 heteroatoms. The van der Waals surface area contributed by atoms with Gasteiger partial charge in [0.05, 0.1) is 16.7 Å². The van der Waals surface area contributed by atoms with Crippen LogP contribution in [0.3, 0.4) is 0 Å². The monoisotopic (exact) mass is 401 g/mol. The number of nitrogens with one attached hydrogen (secondary N) is 1. The smallest absolute Gasteiger partial charge is 0.285 e. The third-order valence-corrected chi connectivity index (χ3v) is 3.38. The minimum atomic E-state index is -0.937. The lowest BCUT2D eigenvalue weighted by Crippen LogP contribution is -2.15. The summed E-state index contributed by atoms with van der Waals surface area (Å²) < 4.78 is 14.3. The van der Waals surface area contributed by atoms with Crippen molar-refractivity contribution < 1.29 is 14.1 Å². The Morgan fingerprint density at radius 2 is 1.90 bits per heavy atom. The Bertz CT molecular complexity index is 719. The quantitative estimate of drug-likeness (QED) is 0.357. The molecule has 3 N–H and O–H groups in total. The van der Waals surface area contributed by atoms with Crippen LogP contribution in [-0.2, 0) is 0 Å². The maximum atomic E-state index is 13.3. The van der Waals surface area contributed by atoms with Crippen LogP contribution < -0.4 is 11.1 Å². The van der Waals surface area contributed by atoms with Gasteiger partial charge in [-0.1, -0.05) is 0 Å². The van der Waals surface area contributed by atoms with E-state index in [1.807, 2.05) is 0 Å². The summed E-state index contributed by atoms with van der Waals surface area (Å²) in [6.45, 7) is 0. The fourth-order valence-corrected chi connectivity index (χ4v) is 2.00. The molecule has 0 bridgehead atoms. The van der Waals surface area contributed by atoms with Crippen molar-refractivity contribution >= 4 is 45.6 Å². The molecule has 0 aliphatic carbocycles. The Morgan fingerprint density at radius 1 is 1.29 bits per heavy atom. The summed E-state index contributed by atoms with van der Waals surface area (Å²) in [7, 11) is 0. The topological polar surface area (TPSA) is 98.3 Å². The number of carbonyl (C=O) groups is 1. The number of nitro benzene ring substituents is 1. The predicted octanol–water partition coefficient (Wildman–Crippen LogP) is 3.17. The van der Waals surface area contributed by atoms with Gasteiger partial charge in [-0.05, 0) is 52.9 Å². The number of amides is 1. The van der Waals surface area contributed by atoms with Crippen LogP contribution >= 0.6 is 22.6 Å². The van der Waals surface area contributed by atoms with Crippen LogP contribution in [0.2, 0.25) is 0 Å². The second kappa shape index (κ2) is 6.04. The molecule has 2 aromatic carbocycles. The second-order valence-corrected chi connectivity index (χ2v) is 5.35. The highest BCUT2D eigenvalue weighted by molar-refractivity contribution is 14.1. The van der Waals surface area contributed by atoms with Crippen molar-refractivity contribution in [2.24, 2.45) is 0 Å². The SMILES string of the molecule is Nc1cc(C(=O)Nc2ccc(I)cc2)c([N+](=O)[O-])cc1F. The van der Waals surface area contributed by atoms with Crippen molar-refractivity contribution in [3.63, 3.8) is 0 Å². The normalized spacial score (nSPS) is 10.2. The number of hydrogen-bond acceptors (Lipinski definition) is 4. The Morgan fingerprint density at radius 3 is 2.48 bits per heavy atom. The zero-order valence-corrected chi connectivity index (χ0v) is 12.6. The van der Waals surface area contributed by atoms with Crippen molar-refractivity contribution in [3.8, 4) is 0 Å². The first-order chi connectivity index (χ1) is 9.88. The zero-order valence-electron chi connectivity index (χ0n) is 10.5. The number of nitrogens with zero attached hydrogens (tertiary/aromatic N) is 1. The standard InChI is InChI=1S/C13H9FIN3O3/c14-10-6-12(18(20)21)9(5-11(10)16)13(19)17-8-3-1-7(15)2-4-8/h1-6H,16H2,(H,17,19). The van der Waals surface area contributed by atoms with Crippen molar-refractivity contribution in [1.82, 2.24) is 0 Å². The zero-order chi connectivity index (χ0) is 15.6. The van der Waals surface area contributed by atoms with Gasteiger partial charge < -0.3 is 11.1 Å². The van der Waals surface area contributed by atoms with E-state index in [1.165, 1.54) is 0 Å². The molecule has 0 aliphatic heterocycles. The Kier molecular flexibility index (Phi) is 4.36. The summed E-state index contributed by atoms with van der Waals surface area (Å²) in [6.07, 6.45) is 0. The number of rotatable bonds is 3. The number of halogens is 2. The fraction of sp³-hybridized carbons (Fsp3) is 0. The number of nitrogen functional groups attached to an aromatic ring is 1. The molecule has 0 saturated carbocycles. The molecule has 0 spiro atoms. The summed E-state index contributed by atoms with van der Waals surface area (Å²) in [5.41, 5.74) is 4.58. The molecule has 2 aromatic rings. The number of benzene rings is 2. The maximum absolute atomic E-state index is 13.3. The number of hydrogen-bond donors (Lipinski definition) is 2. The third-order valence-electron chi connectivity index (χ3n) is 2.66. The van der Waals surface area contributed by atoms with Crippen LogP contribution in [0.25, 0.3) is 0 Å². The van der Waals surface area contributed by atoms with E-state index in [1.54, 1.807) is 24.3 Å². The number of nitrogens with two attached hydrogens (primary N) is 1. The molecule has 6 nitrogen and oxygen atoms in total. The van der Waals surface area contributed by atoms with Crippen LogP contribution in [0.15, 0.2) is 36.4 Å². The van der Waals surface area contributed by atoms with E-state index < -0.39 is 22.3 Å². The first-order valence-corrected chi connectivity index (χ1v) is 6.76. The van der Waals surface area contributed by atoms with E-state index in [2.05, 4.69) is 27.9 Å². The average Bonchev–Trinajstić information content (AvgIpc) is 2.43. The number of carbonyl (C=O) groups excluding carboxylic acids is 1. The van der Waals surface area contributed by atoms with Gasteiger partial charge in [0.15, 0.2) is 5.82 Å². The number of anilines is 2. The summed E-state index contributed by atoms with van der Waals surface area (Å²) in [5.74, 6) is -1.66. The molecule has 0 atom stereocenters. The van der Waals surface area contributed by atoms with Gasteiger partial charge in [0.1, 0.15) is 5.56 Å². The number of nitro groups is 1. The van der Waals surface area contributed by atoms with E-state index in [9.17, 15) is 19.3 Å². The van der Waals surface area contributed by atoms with Crippen LogP contribution in [0.4, 0.5) is 21.5 Å². The third kappa shape index (κ3) is 3.45. The summed E-state index contributed by atoms with van der Waals surface area (Å²) >= 11 is 2.10. The molecule has 0 aliphatic rings. The molecule has 0 radical (unpaired) electrons. The van der Waals surface area contributed by atoms with Gasteiger partial charge >= 0.3 is 0 Å². The van der Waals surface area contributed by atoms with Crippen LogP contribution in [0, 0.1) is 19.5 Å². The predicted molar refractivity (Wildman–Crippen MR) is 84.6 cm³/mol. The molecule has 0 saturated heterocycles. The van der Waals surface area contributed by atoms with E-state index >= 15 is 0 Å². The second-order valence-electron chi connectivity index (χ2n) is 4.11. The molecule has 0 aromatic heterocycles. The Labute approximate surface area is 132 Å². The highest BCUT2D eigenvalue weighted by atomic mass is 127. The minimum Gasteiger partial charge on any atom is -0.396 e. The van der Waals surface area contributed by atoms with Crippen LogP contribution in [-0.4, -0.2) is 10.8 Å². The van der Waals surface area contributed by atoms with E-state index in [0.29, 0.717) is 11.8 Å². The lowest BCUT2D eigenvalue weighted by molar-refractivity contribution is -0.385. The van der Waals surface area contributed by atoms with E-state index in [0.717, 1.165) is 9.64 Å². The average molecular weight is 401 g/mol. The van der Waals surface area contributed by atoms with Gasteiger partial charge in [0, 0.05) is 9.26 Å². The molecular weight excluding hydrogens is 392 g/mol. The van der Waals surface area contributed by atoms with E-state index in [4.69, 9.17) is 5.73 Å². The Balaban J connectivity index is 2.36. The molecule has 0 unspecified atom stereocenters. The van der Waals surface area contributed by atoms with Gasteiger partial charge in [-0.15, -0.1) is 0 Å². The van der Waals surface area contributed by atoms with Crippen molar-refractivity contribution in [1.29, 1.82) is 0 Å². The summed E-state index contributed by atoms with van der Waals surface area (Å²) in [4.78, 5) is 22.2. The lowest BCUT2D eigenvalue weighted by atomic mass is 10.1. The maximum Gasteiger partial charge on any atom is 0.285 e. The van der Waals surface area contributed by atoms with Crippen molar-refractivity contribution in [3.05, 3.63) is 61.5 Å². The summed E-state index contributed by atoms with van der Waals surface area (Å²) in [6, 6.07) is 8.43. The van der Waals surface area contributed by atoms with Gasteiger partial charge in [-0.25, -0.2) is 4.39 Å². The van der Waals surface area contributed by atoms with Crippen LogP contribution in [0.5, 0.6) is 0 Å².